The summed E-state index contributed by atoms with van der Waals surface area (Å²) in [6.07, 6.45) is 2.86. The van der Waals surface area contributed by atoms with Crippen molar-refractivity contribution in [2.75, 3.05) is 18.2 Å². The normalized spacial score (nSPS) is 16.6. The van der Waals surface area contributed by atoms with Gasteiger partial charge in [0, 0.05) is 0 Å². The SMILES string of the molecule is CCP(CP(CC)C(C)C)C(C)C. The molecule has 0 aromatic carbocycles. The molecule has 0 aliphatic carbocycles. The molecule has 0 aromatic rings. The van der Waals surface area contributed by atoms with Gasteiger partial charge in [-0.25, -0.2) is 0 Å². The van der Waals surface area contributed by atoms with Gasteiger partial charge in [0.05, 0.1) is 0 Å². The van der Waals surface area contributed by atoms with E-state index in [0.717, 1.165) is 11.3 Å². The Hall–Kier alpha value is 0.860. The molecule has 0 nitrogen and oxygen atoms in total. The lowest BCUT2D eigenvalue weighted by atomic mass is 10.6. The highest BCUT2D eigenvalue weighted by Crippen LogP contribution is 2.55. The molecule has 0 heterocycles. The van der Waals surface area contributed by atoms with E-state index in [-0.39, 0.29) is 0 Å². The van der Waals surface area contributed by atoms with E-state index in [1.54, 1.807) is 5.90 Å². The van der Waals surface area contributed by atoms with Gasteiger partial charge in [0.2, 0.25) is 0 Å². The van der Waals surface area contributed by atoms with Crippen LogP contribution in [-0.4, -0.2) is 29.5 Å². The smallest absolute Gasteiger partial charge is 0.0116 e. The van der Waals surface area contributed by atoms with Crippen LogP contribution in [0.2, 0.25) is 0 Å². The summed E-state index contributed by atoms with van der Waals surface area (Å²) in [7, 11) is 0.667. The van der Waals surface area contributed by atoms with Gasteiger partial charge in [0.25, 0.3) is 0 Å². The van der Waals surface area contributed by atoms with Crippen molar-refractivity contribution in [2.45, 2.75) is 52.9 Å². The van der Waals surface area contributed by atoms with Crippen LogP contribution >= 0.6 is 15.8 Å². The van der Waals surface area contributed by atoms with Gasteiger partial charge >= 0.3 is 0 Å². The monoisotopic (exact) mass is 220 g/mol. The van der Waals surface area contributed by atoms with Crippen LogP contribution < -0.4 is 0 Å². The maximum atomic E-state index is 2.40. The number of rotatable bonds is 6. The quantitative estimate of drug-likeness (QED) is 0.566. The molecule has 0 saturated carbocycles. The lowest BCUT2D eigenvalue weighted by Gasteiger charge is -2.28. The van der Waals surface area contributed by atoms with Crippen LogP contribution in [-0.2, 0) is 0 Å². The lowest BCUT2D eigenvalue weighted by Crippen LogP contribution is -2.04. The highest BCUT2D eigenvalue weighted by atomic mass is 31.2. The summed E-state index contributed by atoms with van der Waals surface area (Å²) in [4.78, 5) is 0. The Morgan fingerprint density at radius 1 is 0.769 bits per heavy atom. The van der Waals surface area contributed by atoms with Gasteiger partial charge < -0.3 is 0 Å². The zero-order chi connectivity index (χ0) is 10.4. The molecule has 0 rings (SSSR count). The highest BCUT2D eigenvalue weighted by molar-refractivity contribution is 7.75. The first-order valence-electron chi connectivity index (χ1n) is 5.50. The average molecular weight is 220 g/mol. The molecule has 2 heteroatoms. The number of hydrogen-bond acceptors (Lipinski definition) is 0. The van der Waals surface area contributed by atoms with Gasteiger partial charge in [-0.2, -0.15) is 0 Å². The molecule has 0 amide bonds. The summed E-state index contributed by atoms with van der Waals surface area (Å²) in [5, 5.41) is 0. The molecule has 0 bridgehead atoms. The van der Waals surface area contributed by atoms with E-state index in [1.165, 1.54) is 12.3 Å². The molecule has 0 N–H and O–H groups in total. The minimum Gasteiger partial charge on any atom is -0.1000 e. The van der Waals surface area contributed by atoms with Crippen molar-refractivity contribution in [3.05, 3.63) is 0 Å². The number of hydrogen-bond donors (Lipinski definition) is 0. The molecule has 2 atom stereocenters. The fourth-order valence-corrected chi connectivity index (χ4v) is 9.03. The van der Waals surface area contributed by atoms with E-state index in [1.807, 2.05) is 0 Å². The van der Waals surface area contributed by atoms with Crippen molar-refractivity contribution in [3.8, 4) is 0 Å². The molecule has 0 radical (unpaired) electrons. The van der Waals surface area contributed by atoms with Gasteiger partial charge in [0.15, 0.2) is 0 Å². The summed E-state index contributed by atoms with van der Waals surface area (Å²) in [5.41, 5.74) is 1.88. The van der Waals surface area contributed by atoms with E-state index in [0.29, 0.717) is 15.8 Å². The van der Waals surface area contributed by atoms with Crippen molar-refractivity contribution < 1.29 is 0 Å². The fourth-order valence-electron chi connectivity index (χ4n) is 1.49. The van der Waals surface area contributed by atoms with Crippen molar-refractivity contribution in [1.82, 2.24) is 0 Å². The molecule has 0 aromatic heterocycles. The zero-order valence-corrected chi connectivity index (χ0v) is 12.0. The molecular formula is C11H26P2. The van der Waals surface area contributed by atoms with Crippen LogP contribution in [0.4, 0.5) is 0 Å². The summed E-state index contributed by atoms with van der Waals surface area (Å²) >= 11 is 0. The van der Waals surface area contributed by atoms with Crippen LogP contribution in [0.25, 0.3) is 0 Å². The van der Waals surface area contributed by atoms with Gasteiger partial charge in [-0.3, -0.25) is 0 Å². The van der Waals surface area contributed by atoms with E-state index in [4.69, 9.17) is 0 Å². The van der Waals surface area contributed by atoms with Crippen LogP contribution in [0.1, 0.15) is 41.5 Å². The first-order chi connectivity index (χ1) is 6.02. The zero-order valence-electron chi connectivity index (χ0n) is 10.2. The summed E-state index contributed by atoms with van der Waals surface area (Å²) in [5.74, 6) is 1.56. The van der Waals surface area contributed by atoms with Gasteiger partial charge in [-0.15, -0.1) is 0 Å². The standard InChI is InChI=1S/C11H26P2/c1-7-12(10(3)4)9-13(8-2)11(5)6/h10-11H,7-9H2,1-6H3. The predicted octanol–water partition coefficient (Wildman–Crippen LogP) is 4.76. The average Bonchev–Trinajstić information content (AvgIpc) is 2.05. The molecule has 0 aliphatic heterocycles. The Kier molecular flexibility index (Phi) is 7.67. The van der Waals surface area contributed by atoms with E-state index in [9.17, 15) is 0 Å². The van der Waals surface area contributed by atoms with Gasteiger partial charge in [0.1, 0.15) is 0 Å². The second-order valence-electron chi connectivity index (χ2n) is 4.14. The van der Waals surface area contributed by atoms with Crippen LogP contribution in [0.5, 0.6) is 0 Å². The summed E-state index contributed by atoms with van der Waals surface area (Å²) in [6.45, 7) is 14.3. The maximum Gasteiger partial charge on any atom is -0.0116 e. The van der Waals surface area contributed by atoms with Crippen molar-refractivity contribution in [3.63, 3.8) is 0 Å². The predicted molar refractivity (Wildman–Crippen MR) is 70.1 cm³/mol. The van der Waals surface area contributed by atoms with Crippen molar-refractivity contribution >= 4 is 15.8 Å². The summed E-state index contributed by atoms with van der Waals surface area (Å²) in [6, 6.07) is 0. The largest absolute Gasteiger partial charge is 0.1000 e. The molecule has 0 saturated heterocycles. The Morgan fingerprint density at radius 2 is 1.08 bits per heavy atom. The lowest BCUT2D eigenvalue weighted by molar-refractivity contribution is 1.07. The van der Waals surface area contributed by atoms with Gasteiger partial charge in [-0.1, -0.05) is 57.4 Å². The van der Waals surface area contributed by atoms with E-state index >= 15 is 0 Å². The first kappa shape index (κ1) is 13.9. The minimum absolute atomic E-state index is 0.334. The molecule has 0 fully saturated rings. The van der Waals surface area contributed by atoms with Gasteiger partial charge in [-0.05, 0) is 29.5 Å². The van der Waals surface area contributed by atoms with E-state index in [2.05, 4.69) is 41.5 Å². The third kappa shape index (κ3) is 5.34. The maximum absolute atomic E-state index is 2.40. The topological polar surface area (TPSA) is 0 Å². The van der Waals surface area contributed by atoms with Crippen LogP contribution in [0.3, 0.4) is 0 Å². The van der Waals surface area contributed by atoms with Crippen molar-refractivity contribution in [2.24, 2.45) is 0 Å². The third-order valence-electron chi connectivity index (χ3n) is 2.64. The fraction of sp³-hybridized carbons (Fsp3) is 1.00. The Morgan fingerprint density at radius 3 is 1.23 bits per heavy atom. The molecule has 0 aliphatic rings. The minimum atomic E-state index is 0.334. The van der Waals surface area contributed by atoms with E-state index < -0.39 is 0 Å². The highest BCUT2D eigenvalue weighted by Gasteiger charge is 2.17. The Bertz CT molecular complexity index is 107. The molecule has 13 heavy (non-hydrogen) atoms. The van der Waals surface area contributed by atoms with Crippen LogP contribution in [0.15, 0.2) is 0 Å². The molecule has 2 unspecified atom stereocenters. The molecular weight excluding hydrogens is 194 g/mol. The first-order valence-corrected chi connectivity index (χ1v) is 9.07. The second-order valence-corrected chi connectivity index (χ2v) is 11.0. The Balaban J connectivity index is 4.03. The van der Waals surface area contributed by atoms with Crippen LogP contribution in [0, 0.1) is 0 Å². The second kappa shape index (κ2) is 7.19. The molecule has 80 valence electrons. The molecule has 0 spiro atoms. The Labute approximate surface area is 87.4 Å². The third-order valence-corrected chi connectivity index (χ3v) is 10.1. The van der Waals surface area contributed by atoms with Crippen molar-refractivity contribution in [1.29, 1.82) is 0 Å². The summed E-state index contributed by atoms with van der Waals surface area (Å²) < 4.78 is 0.